The largest absolute Gasteiger partial charge is 0.437 e. The van der Waals surface area contributed by atoms with Gasteiger partial charge in [-0.1, -0.05) is 0 Å². The second-order valence-corrected chi connectivity index (χ2v) is 3.72. The van der Waals surface area contributed by atoms with Crippen LogP contribution < -0.4 is 10.3 Å². The van der Waals surface area contributed by atoms with Crippen molar-refractivity contribution in [3.63, 3.8) is 0 Å². The molecule has 0 unspecified atom stereocenters. The molecule has 90 valence electrons. The number of H-pyrrole nitrogens is 2. The van der Waals surface area contributed by atoms with Gasteiger partial charge >= 0.3 is 0 Å². The minimum Gasteiger partial charge on any atom is -0.437 e. The zero-order valence-corrected chi connectivity index (χ0v) is 9.47. The third-order valence-corrected chi connectivity index (χ3v) is 2.47. The molecule has 0 fully saturated rings. The van der Waals surface area contributed by atoms with Gasteiger partial charge in [0.2, 0.25) is 11.4 Å². The molecule has 0 aliphatic carbocycles. The van der Waals surface area contributed by atoms with E-state index in [1.165, 1.54) is 18.6 Å². The number of aromatic amines is 2. The fourth-order valence-electron chi connectivity index (χ4n) is 1.62. The Morgan fingerprint density at radius 3 is 2.94 bits per heavy atom. The molecule has 0 aromatic carbocycles. The number of pyridine rings is 1. The lowest BCUT2D eigenvalue weighted by Gasteiger charge is -2.04. The Kier molecular flexibility index (Phi) is 2.30. The van der Waals surface area contributed by atoms with Crippen molar-refractivity contribution in [1.29, 1.82) is 0 Å². The van der Waals surface area contributed by atoms with Crippen LogP contribution in [0.2, 0.25) is 0 Å². The summed E-state index contributed by atoms with van der Waals surface area (Å²) in [5.74, 6) is 0.897. The molecule has 0 amide bonds. The summed E-state index contributed by atoms with van der Waals surface area (Å²) in [7, 11) is 0. The van der Waals surface area contributed by atoms with Crippen molar-refractivity contribution in [3.05, 3.63) is 40.7 Å². The number of nitrogens with one attached hydrogen (secondary N) is 2. The highest BCUT2D eigenvalue weighted by molar-refractivity contribution is 5.82. The lowest BCUT2D eigenvalue weighted by Crippen LogP contribution is -2.02. The molecule has 7 nitrogen and oxygen atoms in total. The Morgan fingerprint density at radius 1 is 1.28 bits per heavy atom. The maximum absolute atomic E-state index is 10.9. The van der Waals surface area contributed by atoms with Crippen LogP contribution in [0.25, 0.3) is 11.0 Å². The van der Waals surface area contributed by atoms with Gasteiger partial charge in [-0.15, -0.1) is 0 Å². The van der Waals surface area contributed by atoms with Crippen LogP contribution in [0.1, 0.15) is 5.69 Å². The molecule has 0 saturated heterocycles. The van der Waals surface area contributed by atoms with E-state index in [1.54, 1.807) is 6.07 Å². The number of ether oxygens (including phenoxy) is 1. The normalized spacial score (nSPS) is 10.7. The van der Waals surface area contributed by atoms with Crippen molar-refractivity contribution >= 4 is 11.0 Å². The zero-order valence-electron chi connectivity index (χ0n) is 9.47. The van der Waals surface area contributed by atoms with E-state index in [9.17, 15) is 4.79 Å². The predicted molar refractivity (Wildman–Crippen MR) is 63.6 cm³/mol. The van der Waals surface area contributed by atoms with Crippen LogP contribution >= 0.6 is 0 Å². The number of aryl methyl sites for hydroxylation is 1. The number of aromatic nitrogens is 5. The third kappa shape index (κ3) is 1.71. The highest BCUT2D eigenvalue weighted by atomic mass is 16.5. The van der Waals surface area contributed by atoms with Gasteiger partial charge in [0.05, 0.1) is 0 Å². The van der Waals surface area contributed by atoms with Crippen LogP contribution in [0.15, 0.2) is 29.5 Å². The van der Waals surface area contributed by atoms with E-state index in [4.69, 9.17) is 4.74 Å². The summed E-state index contributed by atoms with van der Waals surface area (Å²) in [5.41, 5.74) is 1.18. The Balaban J connectivity index is 2.07. The highest BCUT2D eigenvalue weighted by Crippen LogP contribution is 2.26. The van der Waals surface area contributed by atoms with Crippen molar-refractivity contribution < 1.29 is 4.74 Å². The summed E-state index contributed by atoms with van der Waals surface area (Å²) in [4.78, 5) is 21.6. The highest BCUT2D eigenvalue weighted by Gasteiger charge is 2.11. The predicted octanol–water partition coefficient (Wildman–Crippen LogP) is 1.14. The van der Waals surface area contributed by atoms with Gasteiger partial charge < -0.3 is 9.72 Å². The molecular formula is C11H9N5O2. The monoisotopic (exact) mass is 243 g/mol. The molecule has 0 saturated carbocycles. The van der Waals surface area contributed by atoms with Crippen molar-refractivity contribution in [2.45, 2.75) is 6.92 Å². The molecule has 3 aromatic heterocycles. The molecule has 0 atom stereocenters. The third-order valence-electron chi connectivity index (χ3n) is 2.47. The van der Waals surface area contributed by atoms with Gasteiger partial charge in [0.1, 0.15) is 17.5 Å². The van der Waals surface area contributed by atoms with Gasteiger partial charge in [-0.25, -0.2) is 9.97 Å². The number of hydrogen-bond acceptors (Lipinski definition) is 5. The molecule has 3 heterocycles. The van der Waals surface area contributed by atoms with Crippen LogP contribution in [0, 0.1) is 6.92 Å². The van der Waals surface area contributed by atoms with Crippen LogP contribution in [0.5, 0.6) is 11.6 Å². The molecule has 0 aliphatic heterocycles. The van der Waals surface area contributed by atoms with E-state index in [0.29, 0.717) is 17.3 Å². The minimum atomic E-state index is -0.185. The topological polar surface area (TPSA) is 96.5 Å². The van der Waals surface area contributed by atoms with E-state index < -0.39 is 0 Å². The maximum atomic E-state index is 10.9. The Labute approximate surface area is 101 Å². The summed E-state index contributed by atoms with van der Waals surface area (Å²) >= 11 is 0. The van der Waals surface area contributed by atoms with Crippen LogP contribution in [0.3, 0.4) is 0 Å². The van der Waals surface area contributed by atoms with Gasteiger partial charge in [-0.2, -0.15) is 5.10 Å². The quantitative estimate of drug-likeness (QED) is 0.703. The average molecular weight is 243 g/mol. The smallest absolute Gasteiger partial charge is 0.248 e. The second kappa shape index (κ2) is 3.95. The first-order valence-electron chi connectivity index (χ1n) is 5.26. The first-order chi connectivity index (χ1) is 8.74. The van der Waals surface area contributed by atoms with Crippen molar-refractivity contribution in [1.82, 2.24) is 25.1 Å². The zero-order chi connectivity index (χ0) is 12.5. The molecule has 0 radical (unpaired) electrons. The van der Waals surface area contributed by atoms with Gasteiger partial charge in [0.25, 0.3) is 0 Å². The first-order valence-corrected chi connectivity index (χ1v) is 5.26. The fraction of sp³-hybridized carbons (Fsp3) is 0.0909. The van der Waals surface area contributed by atoms with E-state index in [-0.39, 0.29) is 5.56 Å². The fourth-order valence-corrected chi connectivity index (χ4v) is 1.62. The summed E-state index contributed by atoms with van der Waals surface area (Å²) < 4.78 is 5.60. The van der Waals surface area contributed by atoms with Crippen molar-refractivity contribution in [2.75, 3.05) is 0 Å². The maximum Gasteiger partial charge on any atom is 0.248 e. The molecule has 3 rings (SSSR count). The summed E-state index contributed by atoms with van der Waals surface area (Å²) in [6.07, 6.45) is 2.86. The molecule has 0 bridgehead atoms. The lowest BCUT2D eigenvalue weighted by atomic mass is 10.3. The van der Waals surface area contributed by atoms with E-state index >= 15 is 0 Å². The lowest BCUT2D eigenvalue weighted by molar-refractivity contribution is 0.465. The van der Waals surface area contributed by atoms with Gasteiger partial charge in [0, 0.05) is 18.0 Å². The number of rotatable bonds is 2. The Hall–Kier alpha value is -2.70. The van der Waals surface area contributed by atoms with Gasteiger partial charge in [-0.05, 0) is 13.0 Å². The van der Waals surface area contributed by atoms with E-state index in [0.717, 1.165) is 11.1 Å². The van der Waals surface area contributed by atoms with Crippen LogP contribution in [-0.4, -0.2) is 25.1 Å². The Morgan fingerprint density at radius 2 is 2.17 bits per heavy atom. The molecule has 7 heteroatoms. The molecular weight excluding hydrogens is 234 g/mol. The summed E-state index contributed by atoms with van der Waals surface area (Å²) in [5, 5.41) is 7.57. The minimum absolute atomic E-state index is 0.185. The molecule has 0 aliphatic rings. The molecule has 0 spiro atoms. The first kappa shape index (κ1) is 10.5. The standard InChI is InChI=1S/C11H9N5O2/c1-6-9-10(16-15-6)13-5-14-11(9)18-7-2-3-8(17)12-4-7/h2-5H,1H3,(H,12,17)(H,13,14,15,16). The van der Waals surface area contributed by atoms with Gasteiger partial charge in [0.15, 0.2) is 5.65 Å². The molecule has 3 aromatic rings. The number of hydrogen-bond donors (Lipinski definition) is 2. The number of fused-ring (bicyclic) bond motifs is 1. The Bertz CT molecular complexity index is 741. The summed E-state index contributed by atoms with van der Waals surface area (Å²) in [6, 6.07) is 2.96. The summed E-state index contributed by atoms with van der Waals surface area (Å²) in [6.45, 7) is 1.86. The second-order valence-electron chi connectivity index (χ2n) is 3.72. The van der Waals surface area contributed by atoms with Crippen LogP contribution in [-0.2, 0) is 0 Å². The number of nitrogens with zero attached hydrogens (tertiary/aromatic N) is 3. The molecule has 18 heavy (non-hydrogen) atoms. The van der Waals surface area contributed by atoms with E-state index in [1.807, 2.05) is 6.92 Å². The molecule has 2 N–H and O–H groups in total. The van der Waals surface area contributed by atoms with Crippen LogP contribution in [0.4, 0.5) is 0 Å². The SMILES string of the molecule is Cc1[nH]nc2ncnc(Oc3ccc(=O)[nH]c3)c12. The van der Waals surface area contributed by atoms with Gasteiger partial charge in [-0.3, -0.25) is 9.89 Å². The van der Waals surface area contributed by atoms with Crippen molar-refractivity contribution in [2.24, 2.45) is 0 Å². The average Bonchev–Trinajstić information content (AvgIpc) is 2.75. The van der Waals surface area contributed by atoms with Crippen molar-refractivity contribution in [3.8, 4) is 11.6 Å². The van der Waals surface area contributed by atoms with E-state index in [2.05, 4.69) is 25.1 Å².